The first-order valence-electron chi connectivity index (χ1n) is 15.1. The summed E-state index contributed by atoms with van der Waals surface area (Å²) in [6, 6.07) is 23.9. The van der Waals surface area contributed by atoms with Crippen molar-refractivity contribution < 1.29 is 14.2 Å². The summed E-state index contributed by atoms with van der Waals surface area (Å²) in [7, 11) is 4.01. The number of carbonyl (C=O) groups is 2. The molecule has 226 valence electrons. The Morgan fingerprint density at radius 2 is 1.66 bits per heavy atom. The van der Waals surface area contributed by atoms with E-state index >= 15 is 0 Å². The molecule has 0 unspecified atom stereocenters. The number of likely N-dealkylation sites (N-methyl/N-ethyl adjacent to an activating group) is 1. The highest BCUT2D eigenvalue weighted by atomic mass is 16.2. The number of nitrogens with one attached hydrogen (secondary N) is 3. The van der Waals surface area contributed by atoms with Crippen molar-refractivity contribution in [3.63, 3.8) is 0 Å². The molecule has 44 heavy (non-hydrogen) atoms. The van der Waals surface area contributed by atoms with Crippen LogP contribution in [0.1, 0.15) is 37.5 Å². The van der Waals surface area contributed by atoms with Gasteiger partial charge in [0, 0.05) is 70.9 Å². The molecule has 0 radical (unpaired) electrons. The van der Waals surface area contributed by atoms with Gasteiger partial charge in [0.05, 0.1) is 17.5 Å². The van der Waals surface area contributed by atoms with Crippen molar-refractivity contribution in [3.05, 3.63) is 113 Å². The predicted octanol–water partition coefficient (Wildman–Crippen LogP) is 2.68. The average Bonchev–Trinajstić information content (AvgIpc) is 3.64. The molecule has 1 fully saturated rings. The second kappa shape index (κ2) is 13.2. The smallest absolute Gasteiger partial charge is 0.255 e. The second-order valence-electron chi connectivity index (χ2n) is 11.4. The molecular formula is C34H39N8O2+. The number of aromatic nitrogens is 4. The maximum atomic E-state index is 13.1. The molecule has 3 aromatic carbocycles. The minimum absolute atomic E-state index is 0.0629. The Hall–Kier alpha value is -4.80. The van der Waals surface area contributed by atoms with Gasteiger partial charge in [-0.3, -0.25) is 19.2 Å². The molecule has 0 bridgehead atoms. The van der Waals surface area contributed by atoms with Crippen LogP contribution in [0.4, 0.5) is 0 Å². The summed E-state index contributed by atoms with van der Waals surface area (Å²) in [4.78, 5) is 33.9. The largest absolute Gasteiger partial charge is 0.351 e. The van der Waals surface area contributed by atoms with Crippen LogP contribution >= 0.6 is 0 Å². The lowest BCUT2D eigenvalue weighted by Gasteiger charge is -2.32. The first-order chi connectivity index (χ1) is 21.4. The third kappa shape index (κ3) is 6.72. The van der Waals surface area contributed by atoms with E-state index in [9.17, 15) is 9.59 Å². The number of nitrogens with zero attached hydrogens (tertiary/aromatic N) is 5. The van der Waals surface area contributed by atoms with Gasteiger partial charge < -0.3 is 15.5 Å². The van der Waals surface area contributed by atoms with Gasteiger partial charge in [-0.15, -0.1) is 0 Å². The van der Waals surface area contributed by atoms with Crippen LogP contribution in [0.2, 0.25) is 0 Å². The third-order valence-electron chi connectivity index (χ3n) is 8.37. The topological polar surface area (TPSA) is 102 Å². The minimum Gasteiger partial charge on any atom is -0.351 e. The van der Waals surface area contributed by atoms with E-state index in [-0.39, 0.29) is 11.8 Å². The molecule has 5 aromatic rings. The van der Waals surface area contributed by atoms with E-state index in [1.807, 2.05) is 74.0 Å². The van der Waals surface area contributed by atoms with Crippen LogP contribution in [-0.2, 0) is 20.0 Å². The Labute approximate surface area is 257 Å². The van der Waals surface area contributed by atoms with Crippen molar-refractivity contribution >= 4 is 22.8 Å². The number of imidazole rings is 1. The summed E-state index contributed by atoms with van der Waals surface area (Å²) in [5.41, 5.74) is 7.07. The molecule has 2 amide bonds. The molecule has 0 atom stereocenters. The van der Waals surface area contributed by atoms with Crippen LogP contribution in [0, 0.1) is 0 Å². The third-order valence-corrected chi connectivity index (χ3v) is 8.37. The van der Waals surface area contributed by atoms with Gasteiger partial charge in [-0.1, -0.05) is 42.5 Å². The molecule has 0 spiro atoms. The van der Waals surface area contributed by atoms with Gasteiger partial charge in [0.1, 0.15) is 5.69 Å². The van der Waals surface area contributed by atoms with Crippen molar-refractivity contribution in [1.82, 2.24) is 35.2 Å². The fraction of sp³-hybridized carbons (Fsp3) is 0.294. The van der Waals surface area contributed by atoms with E-state index in [4.69, 9.17) is 0 Å². The molecule has 6 rings (SSSR count). The molecule has 1 saturated heterocycles. The van der Waals surface area contributed by atoms with Crippen molar-refractivity contribution in [2.45, 2.75) is 13.0 Å². The summed E-state index contributed by atoms with van der Waals surface area (Å²) in [6.07, 6.45) is 4.17. The summed E-state index contributed by atoms with van der Waals surface area (Å²) >= 11 is 0. The molecule has 10 heteroatoms. The Balaban J connectivity index is 1.05. The van der Waals surface area contributed by atoms with Gasteiger partial charge in [-0.2, -0.15) is 9.67 Å². The first-order valence-corrected chi connectivity index (χ1v) is 15.1. The SMILES string of the molecule is CN1CCN(CCNC(=O)c2ccc3c(c2)[nH]c[n+]3-c2ccc(CNC(=O)c3cnn(C)c3Cc3ccccc3)cc2)CC1. The van der Waals surface area contributed by atoms with E-state index in [2.05, 4.69) is 54.3 Å². The van der Waals surface area contributed by atoms with Gasteiger partial charge in [0.2, 0.25) is 6.33 Å². The lowest BCUT2D eigenvalue weighted by Crippen LogP contribution is -2.46. The monoisotopic (exact) mass is 591 g/mol. The summed E-state index contributed by atoms with van der Waals surface area (Å²) in [5.74, 6) is -0.203. The zero-order chi connectivity index (χ0) is 30.5. The molecule has 3 N–H and O–H groups in total. The highest BCUT2D eigenvalue weighted by Gasteiger charge is 2.18. The van der Waals surface area contributed by atoms with Gasteiger partial charge in [-0.05, 0) is 42.4 Å². The van der Waals surface area contributed by atoms with E-state index < -0.39 is 0 Å². The van der Waals surface area contributed by atoms with Crippen molar-refractivity contribution in [3.8, 4) is 5.69 Å². The molecular weight excluding hydrogens is 552 g/mol. The molecule has 3 heterocycles. The van der Waals surface area contributed by atoms with Crippen LogP contribution in [0.3, 0.4) is 0 Å². The number of fused-ring (bicyclic) bond motifs is 1. The highest BCUT2D eigenvalue weighted by Crippen LogP contribution is 2.16. The number of piperazine rings is 1. The van der Waals surface area contributed by atoms with Gasteiger partial charge in [0.25, 0.3) is 11.8 Å². The molecule has 1 aliphatic heterocycles. The predicted molar refractivity (Wildman–Crippen MR) is 170 cm³/mol. The van der Waals surface area contributed by atoms with Gasteiger partial charge in [-0.25, -0.2) is 4.98 Å². The van der Waals surface area contributed by atoms with Crippen LogP contribution in [0.15, 0.2) is 85.3 Å². The van der Waals surface area contributed by atoms with E-state index in [0.717, 1.165) is 66.3 Å². The Kier molecular flexibility index (Phi) is 8.81. The lowest BCUT2D eigenvalue weighted by molar-refractivity contribution is -0.567. The maximum Gasteiger partial charge on any atom is 0.255 e. The van der Waals surface area contributed by atoms with Crippen LogP contribution in [0.25, 0.3) is 16.7 Å². The molecule has 2 aromatic heterocycles. The molecule has 0 saturated carbocycles. The summed E-state index contributed by atoms with van der Waals surface area (Å²) in [5, 5.41) is 10.4. The fourth-order valence-corrected chi connectivity index (χ4v) is 5.62. The lowest BCUT2D eigenvalue weighted by atomic mass is 10.1. The van der Waals surface area contributed by atoms with Crippen LogP contribution < -0.4 is 15.2 Å². The minimum atomic E-state index is -0.140. The van der Waals surface area contributed by atoms with Crippen molar-refractivity contribution in [1.29, 1.82) is 0 Å². The normalized spacial score (nSPS) is 14.1. The van der Waals surface area contributed by atoms with Crippen molar-refractivity contribution in [2.24, 2.45) is 7.05 Å². The molecule has 10 nitrogen and oxygen atoms in total. The highest BCUT2D eigenvalue weighted by molar-refractivity contribution is 5.97. The van der Waals surface area contributed by atoms with Crippen LogP contribution in [0.5, 0.6) is 0 Å². The number of benzene rings is 3. The second-order valence-corrected chi connectivity index (χ2v) is 11.4. The summed E-state index contributed by atoms with van der Waals surface area (Å²) in [6.45, 7) is 6.12. The number of amides is 2. The number of hydrogen-bond acceptors (Lipinski definition) is 5. The van der Waals surface area contributed by atoms with Gasteiger partial charge >= 0.3 is 0 Å². The number of hydrogen-bond donors (Lipinski definition) is 3. The number of aryl methyl sites for hydroxylation is 1. The van der Waals surface area contributed by atoms with E-state index in [1.54, 1.807) is 10.9 Å². The molecule has 1 aliphatic rings. The summed E-state index contributed by atoms with van der Waals surface area (Å²) < 4.78 is 3.82. The maximum absolute atomic E-state index is 13.1. The van der Waals surface area contributed by atoms with Crippen molar-refractivity contribution in [2.75, 3.05) is 46.3 Å². The van der Waals surface area contributed by atoms with Crippen LogP contribution in [-0.4, -0.2) is 82.7 Å². The Morgan fingerprint density at radius 3 is 2.43 bits per heavy atom. The number of aromatic amines is 1. The van der Waals surface area contributed by atoms with E-state index in [0.29, 0.717) is 30.6 Å². The number of H-pyrrole nitrogens is 1. The zero-order valence-corrected chi connectivity index (χ0v) is 25.3. The number of rotatable bonds is 10. The number of carbonyl (C=O) groups excluding carboxylic acids is 2. The quantitative estimate of drug-likeness (QED) is 0.217. The standard InChI is InChI=1S/C34H38N8O2/c1-39-16-18-41(19-17-39)15-14-35-33(43)27-10-13-31-30(21-27)37-24-42(31)28-11-8-26(9-12-28)22-36-34(44)29-23-38-40(2)32(29)20-25-6-4-3-5-7-25/h3-13,21,23-24H,14-20,22H2,1-2H3,(H2,35,36,43,44)/p+1. The van der Waals surface area contributed by atoms with Gasteiger partial charge in [0.15, 0.2) is 11.0 Å². The first kappa shape index (κ1) is 29.3. The Bertz CT molecular complexity index is 1730. The average molecular weight is 592 g/mol. The molecule has 0 aliphatic carbocycles. The van der Waals surface area contributed by atoms with E-state index in [1.165, 1.54) is 0 Å². The Morgan fingerprint density at radius 1 is 0.886 bits per heavy atom. The zero-order valence-electron chi connectivity index (χ0n) is 25.3. The fourth-order valence-electron chi connectivity index (χ4n) is 5.62.